The van der Waals surface area contributed by atoms with E-state index in [1.54, 1.807) is 41.2 Å². The number of esters is 1. The van der Waals surface area contributed by atoms with Gasteiger partial charge in [-0.2, -0.15) is 5.10 Å². The quantitative estimate of drug-likeness (QED) is 0.654. The van der Waals surface area contributed by atoms with Crippen LogP contribution in [0.25, 0.3) is 0 Å². The van der Waals surface area contributed by atoms with Crippen LogP contribution in [0.4, 0.5) is 5.82 Å². The first kappa shape index (κ1) is 18.5. The number of halogens is 2. The third kappa shape index (κ3) is 3.61. The van der Waals surface area contributed by atoms with Crippen molar-refractivity contribution in [3.05, 3.63) is 81.5 Å². The molecule has 0 bridgehead atoms. The SMILES string of the molecule is O=C1OC(C(=O)Nc2ccnn2Cc2cccc(Cl)c2Cl)Cc2ccccc21. The zero-order chi connectivity index (χ0) is 19.7. The van der Waals surface area contributed by atoms with Crippen LogP contribution in [-0.2, 0) is 22.5 Å². The maximum absolute atomic E-state index is 12.7. The van der Waals surface area contributed by atoms with E-state index in [0.29, 0.717) is 34.4 Å². The maximum Gasteiger partial charge on any atom is 0.339 e. The second-order valence-electron chi connectivity index (χ2n) is 6.33. The predicted octanol–water partition coefficient (Wildman–Crippen LogP) is 3.96. The number of hydrogen-bond donors (Lipinski definition) is 1. The molecule has 1 atom stereocenters. The van der Waals surface area contributed by atoms with Crippen molar-refractivity contribution in [3.8, 4) is 0 Å². The van der Waals surface area contributed by atoms with Gasteiger partial charge in [-0.1, -0.05) is 53.5 Å². The number of aromatic nitrogens is 2. The number of ether oxygens (including phenoxy) is 1. The average molecular weight is 416 g/mol. The smallest absolute Gasteiger partial charge is 0.339 e. The molecule has 4 rings (SSSR count). The van der Waals surface area contributed by atoms with Crippen molar-refractivity contribution < 1.29 is 14.3 Å². The molecule has 28 heavy (non-hydrogen) atoms. The topological polar surface area (TPSA) is 73.2 Å². The molecule has 1 amide bonds. The van der Waals surface area contributed by atoms with E-state index < -0.39 is 18.0 Å². The maximum atomic E-state index is 12.7. The molecule has 1 aliphatic rings. The monoisotopic (exact) mass is 415 g/mol. The van der Waals surface area contributed by atoms with Crippen LogP contribution < -0.4 is 5.32 Å². The molecule has 0 fully saturated rings. The van der Waals surface area contributed by atoms with Gasteiger partial charge < -0.3 is 10.1 Å². The standard InChI is InChI=1S/C20H15Cl2N3O3/c21-15-7-3-5-13(18(15)22)11-25-17(8-9-23-25)24-19(26)16-10-12-4-1-2-6-14(12)20(27)28-16/h1-9,16H,10-11H2,(H,24,26). The highest BCUT2D eigenvalue weighted by atomic mass is 35.5. The Morgan fingerprint density at radius 3 is 2.86 bits per heavy atom. The number of cyclic esters (lactones) is 1. The summed E-state index contributed by atoms with van der Waals surface area (Å²) in [7, 11) is 0. The number of nitrogens with one attached hydrogen (secondary N) is 1. The van der Waals surface area contributed by atoms with Crippen LogP contribution in [0.15, 0.2) is 54.7 Å². The molecular weight excluding hydrogens is 401 g/mol. The Morgan fingerprint density at radius 1 is 1.18 bits per heavy atom. The Balaban J connectivity index is 1.50. The van der Waals surface area contributed by atoms with Gasteiger partial charge in [-0.25, -0.2) is 9.48 Å². The van der Waals surface area contributed by atoms with Gasteiger partial charge in [0, 0.05) is 12.5 Å². The molecule has 1 aliphatic heterocycles. The van der Waals surface area contributed by atoms with Crippen LogP contribution in [0.1, 0.15) is 21.5 Å². The molecule has 0 spiro atoms. The lowest BCUT2D eigenvalue weighted by Crippen LogP contribution is -2.38. The van der Waals surface area contributed by atoms with Gasteiger partial charge in [0.1, 0.15) is 5.82 Å². The highest BCUT2D eigenvalue weighted by molar-refractivity contribution is 6.42. The fraction of sp³-hybridized carbons (Fsp3) is 0.150. The minimum absolute atomic E-state index is 0.321. The molecule has 0 saturated carbocycles. The van der Waals surface area contributed by atoms with E-state index in [9.17, 15) is 9.59 Å². The summed E-state index contributed by atoms with van der Waals surface area (Å²) in [5.41, 5.74) is 2.05. The van der Waals surface area contributed by atoms with Crippen LogP contribution in [0.5, 0.6) is 0 Å². The first-order valence-corrected chi connectivity index (χ1v) is 9.33. The number of carbonyl (C=O) groups excluding carboxylic acids is 2. The summed E-state index contributed by atoms with van der Waals surface area (Å²) >= 11 is 12.3. The zero-order valence-corrected chi connectivity index (χ0v) is 16.1. The molecule has 2 heterocycles. The van der Waals surface area contributed by atoms with Crippen molar-refractivity contribution in [3.63, 3.8) is 0 Å². The summed E-state index contributed by atoms with van der Waals surface area (Å²) in [6.45, 7) is 0.329. The highest BCUT2D eigenvalue weighted by Gasteiger charge is 2.31. The summed E-state index contributed by atoms with van der Waals surface area (Å²) in [4.78, 5) is 24.8. The van der Waals surface area contributed by atoms with Gasteiger partial charge in [-0.05, 0) is 23.3 Å². The molecule has 1 aromatic heterocycles. The van der Waals surface area contributed by atoms with Crippen molar-refractivity contribution >= 4 is 40.9 Å². The summed E-state index contributed by atoms with van der Waals surface area (Å²) in [6.07, 6.45) is 0.985. The summed E-state index contributed by atoms with van der Waals surface area (Å²) in [5.74, 6) is -0.445. The van der Waals surface area contributed by atoms with Gasteiger partial charge in [0.25, 0.3) is 5.91 Å². The first-order chi connectivity index (χ1) is 13.5. The third-order valence-electron chi connectivity index (χ3n) is 4.50. The lowest BCUT2D eigenvalue weighted by molar-refractivity contribution is -0.125. The fourth-order valence-corrected chi connectivity index (χ4v) is 3.46. The lowest BCUT2D eigenvalue weighted by Gasteiger charge is -2.23. The number of nitrogens with zero attached hydrogens (tertiary/aromatic N) is 2. The van der Waals surface area contributed by atoms with E-state index in [2.05, 4.69) is 10.4 Å². The number of fused-ring (bicyclic) bond motifs is 1. The zero-order valence-electron chi connectivity index (χ0n) is 14.6. The van der Waals surface area contributed by atoms with E-state index in [1.807, 2.05) is 18.2 Å². The second kappa shape index (κ2) is 7.66. The molecule has 0 radical (unpaired) electrons. The Morgan fingerprint density at radius 2 is 2.00 bits per heavy atom. The number of carbonyl (C=O) groups is 2. The first-order valence-electron chi connectivity index (χ1n) is 8.57. The van der Waals surface area contributed by atoms with Crippen LogP contribution in [-0.4, -0.2) is 27.8 Å². The number of hydrogen-bond acceptors (Lipinski definition) is 4. The Hall–Kier alpha value is -2.83. The summed E-state index contributed by atoms with van der Waals surface area (Å²) in [6, 6.07) is 14.1. The predicted molar refractivity (Wildman–Crippen MR) is 106 cm³/mol. The van der Waals surface area contributed by atoms with Gasteiger partial charge in [0.15, 0.2) is 6.10 Å². The summed E-state index contributed by atoms with van der Waals surface area (Å²) in [5, 5.41) is 7.89. The highest BCUT2D eigenvalue weighted by Crippen LogP contribution is 2.27. The molecule has 3 aromatic rings. The van der Waals surface area contributed by atoms with Gasteiger partial charge >= 0.3 is 5.97 Å². The normalized spacial score (nSPS) is 15.6. The van der Waals surface area contributed by atoms with Gasteiger partial charge in [-0.15, -0.1) is 0 Å². The van der Waals surface area contributed by atoms with E-state index >= 15 is 0 Å². The third-order valence-corrected chi connectivity index (χ3v) is 5.36. The van der Waals surface area contributed by atoms with Crippen molar-refractivity contribution in [2.45, 2.75) is 19.1 Å². The van der Waals surface area contributed by atoms with Crippen molar-refractivity contribution in [2.24, 2.45) is 0 Å². The molecule has 1 unspecified atom stereocenters. The van der Waals surface area contributed by atoms with Gasteiger partial charge in [-0.3, -0.25) is 4.79 Å². The minimum Gasteiger partial charge on any atom is -0.448 e. The van der Waals surface area contributed by atoms with Crippen LogP contribution >= 0.6 is 23.2 Å². The number of benzene rings is 2. The Bertz CT molecular complexity index is 1060. The Kier molecular flexibility index (Phi) is 5.07. The van der Waals surface area contributed by atoms with Crippen LogP contribution in [0.2, 0.25) is 10.0 Å². The van der Waals surface area contributed by atoms with E-state index in [1.165, 1.54) is 0 Å². The van der Waals surface area contributed by atoms with Crippen molar-refractivity contribution in [1.29, 1.82) is 0 Å². The van der Waals surface area contributed by atoms with E-state index in [4.69, 9.17) is 27.9 Å². The van der Waals surface area contributed by atoms with Crippen molar-refractivity contribution in [1.82, 2.24) is 9.78 Å². The Labute approximate surface area is 171 Å². The largest absolute Gasteiger partial charge is 0.448 e. The fourth-order valence-electron chi connectivity index (χ4n) is 3.08. The van der Waals surface area contributed by atoms with Gasteiger partial charge in [0.05, 0.1) is 28.4 Å². The van der Waals surface area contributed by atoms with Crippen molar-refractivity contribution in [2.75, 3.05) is 5.32 Å². The number of rotatable bonds is 4. The molecule has 1 N–H and O–H groups in total. The van der Waals surface area contributed by atoms with E-state index in [0.717, 1.165) is 11.1 Å². The molecule has 8 heteroatoms. The number of amides is 1. The molecular formula is C20H15Cl2N3O3. The molecule has 0 saturated heterocycles. The van der Waals surface area contributed by atoms with Gasteiger partial charge in [0.2, 0.25) is 0 Å². The molecule has 2 aromatic carbocycles. The molecule has 0 aliphatic carbocycles. The molecule has 142 valence electrons. The molecule has 6 nitrogen and oxygen atoms in total. The van der Waals surface area contributed by atoms with E-state index in [-0.39, 0.29) is 0 Å². The van der Waals surface area contributed by atoms with Crippen LogP contribution in [0.3, 0.4) is 0 Å². The number of anilines is 1. The van der Waals surface area contributed by atoms with Crippen LogP contribution in [0, 0.1) is 0 Å². The minimum atomic E-state index is -0.902. The average Bonchev–Trinajstić information content (AvgIpc) is 3.12. The second-order valence-corrected chi connectivity index (χ2v) is 7.12. The summed E-state index contributed by atoms with van der Waals surface area (Å²) < 4.78 is 6.89. The lowest BCUT2D eigenvalue weighted by atomic mass is 9.98.